The number of aliphatic carboxylic acids is 1. The molecule has 0 heterocycles. The van der Waals surface area contributed by atoms with Gasteiger partial charge in [-0.1, -0.05) is 48.0 Å². The number of hydrogen-bond donors (Lipinski definition) is 1. The summed E-state index contributed by atoms with van der Waals surface area (Å²) in [5.41, 5.74) is 5.55. The quantitative estimate of drug-likeness (QED) is 0.903. The first-order valence-electron chi connectivity index (χ1n) is 7.51. The van der Waals surface area contributed by atoms with Crippen LogP contribution in [0.4, 0.5) is 5.69 Å². The molecule has 0 amide bonds. The molecule has 2 aromatic rings. The molecule has 0 fully saturated rings. The topological polar surface area (TPSA) is 40.5 Å². The fourth-order valence-electron chi connectivity index (χ4n) is 2.95. The smallest absolute Gasteiger partial charge is 0.326 e. The molecule has 3 nitrogen and oxygen atoms in total. The maximum atomic E-state index is 11.6. The van der Waals surface area contributed by atoms with E-state index in [4.69, 9.17) is 0 Å². The molecule has 2 rings (SSSR count). The monoisotopic (exact) mass is 297 g/mol. The van der Waals surface area contributed by atoms with Gasteiger partial charge in [0, 0.05) is 12.2 Å². The van der Waals surface area contributed by atoms with Gasteiger partial charge in [0.25, 0.3) is 0 Å². The first-order valence-corrected chi connectivity index (χ1v) is 7.51. The molecule has 116 valence electrons. The van der Waals surface area contributed by atoms with Gasteiger partial charge in [-0.15, -0.1) is 0 Å². The van der Waals surface area contributed by atoms with Gasteiger partial charge in [-0.2, -0.15) is 0 Å². The van der Waals surface area contributed by atoms with Crippen LogP contribution >= 0.6 is 0 Å². The minimum absolute atomic E-state index is 0.582. The number of aryl methyl sites for hydroxylation is 3. The highest BCUT2D eigenvalue weighted by molar-refractivity contribution is 5.79. The standard InChI is InChI=1S/C19H23NO2/c1-13-10-14(2)18(15(3)11-13)20(16(4)19(21)22)12-17-8-6-5-7-9-17/h5-11,16H,12H2,1-4H3,(H,21,22). The van der Waals surface area contributed by atoms with E-state index in [1.165, 1.54) is 5.56 Å². The Morgan fingerprint density at radius 2 is 1.64 bits per heavy atom. The van der Waals surface area contributed by atoms with Crippen LogP contribution in [0.2, 0.25) is 0 Å². The van der Waals surface area contributed by atoms with Gasteiger partial charge >= 0.3 is 5.97 Å². The van der Waals surface area contributed by atoms with Crippen molar-refractivity contribution >= 4 is 11.7 Å². The minimum atomic E-state index is -0.810. The second-order valence-corrected chi connectivity index (χ2v) is 5.88. The molecule has 1 atom stereocenters. The third-order valence-electron chi connectivity index (χ3n) is 3.94. The second-order valence-electron chi connectivity index (χ2n) is 5.88. The Morgan fingerprint density at radius 1 is 1.09 bits per heavy atom. The van der Waals surface area contributed by atoms with Crippen molar-refractivity contribution in [2.45, 2.75) is 40.3 Å². The van der Waals surface area contributed by atoms with Crippen LogP contribution in [-0.4, -0.2) is 17.1 Å². The van der Waals surface area contributed by atoms with E-state index in [1.807, 2.05) is 49.1 Å². The Balaban J connectivity index is 2.47. The van der Waals surface area contributed by atoms with Gasteiger partial charge in [-0.05, 0) is 44.4 Å². The largest absolute Gasteiger partial charge is 0.480 e. The fraction of sp³-hybridized carbons (Fsp3) is 0.316. The number of hydrogen-bond acceptors (Lipinski definition) is 2. The Bertz CT molecular complexity index is 641. The van der Waals surface area contributed by atoms with Crippen molar-refractivity contribution in [2.24, 2.45) is 0 Å². The molecule has 0 radical (unpaired) electrons. The molecule has 3 heteroatoms. The highest BCUT2D eigenvalue weighted by Gasteiger charge is 2.24. The Labute approximate surface area is 132 Å². The zero-order valence-electron chi connectivity index (χ0n) is 13.6. The van der Waals surface area contributed by atoms with E-state index in [0.717, 1.165) is 22.4 Å². The van der Waals surface area contributed by atoms with E-state index in [1.54, 1.807) is 6.92 Å². The van der Waals surface area contributed by atoms with Gasteiger partial charge in [-0.3, -0.25) is 0 Å². The Morgan fingerprint density at radius 3 is 2.14 bits per heavy atom. The highest BCUT2D eigenvalue weighted by Crippen LogP contribution is 2.29. The predicted molar refractivity (Wildman–Crippen MR) is 90.4 cm³/mol. The number of rotatable bonds is 5. The molecule has 22 heavy (non-hydrogen) atoms. The van der Waals surface area contributed by atoms with Crippen molar-refractivity contribution in [1.29, 1.82) is 0 Å². The lowest BCUT2D eigenvalue weighted by Gasteiger charge is -2.32. The molecule has 0 saturated carbocycles. The van der Waals surface area contributed by atoms with E-state index in [0.29, 0.717) is 6.54 Å². The van der Waals surface area contributed by atoms with Crippen molar-refractivity contribution in [3.05, 3.63) is 64.7 Å². The molecule has 0 aliphatic carbocycles. The molecule has 2 aromatic carbocycles. The number of carboxylic acids is 1. The summed E-state index contributed by atoms with van der Waals surface area (Å²) in [6.45, 7) is 8.47. The van der Waals surface area contributed by atoms with Crippen LogP contribution in [-0.2, 0) is 11.3 Å². The molecular weight excluding hydrogens is 274 g/mol. The molecule has 0 saturated heterocycles. The van der Waals surface area contributed by atoms with Crippen LogP contribution in [0, 0.1) is 20.8 Å². The third-order valence-corrected chi connectivity index (χ3v) is 3.94. The fourth-order valence-corrected chi connectivity index (χ4v) is 2.95. The van der Waals surface area contributed by atoms with E-state index < -0.39 is 12.0 Å². The van der Waals surface area contributed by atoms with Crippen molar-refractivity contribution in [2.75, 3.05) is 4.90 Å². The highest BCUT2D eigenvalue weighted by atomic mass is 16.4. The lowest BCUT2D eigenvalue weighted by molar-refractivity contribution is -0.138. The number of benzene rings is 2. The number of nitrogens with zero attached hydrogens (tertiary/aromatic N) is 1. The second kappa shape index (κ2) is 6.65. The van der Waals surface area contributed by atoms with Gasteiger partial charge in [0.1, 0.15) is 6.04 Å². The van der Waals surface area contributed by atoms with E-state index >= 15 is 0 Å². The van der Waals surface area contributed by atoms with E-state index in [9.17, 15) is 9.90 Å². The summed E-state index contributed by atoms with van der Waals surface area (Å²) in [5.74, 6) is -0.810. The molecule has 0 aliphatic heterocycles. The number of anilines is 1. The molecule has 0 spiro atoms. The van der Waals surface area contributed by atoms with Gasteiger partial charge in [0.05, 0.1) is 0 Å². The third kappa shape index (κ3) is 3.48. The summed E-state index contributed by atoms with van der Waals surface area (Å²) >= 11 is 0. The average molecular weight is 297 g/mol. The molecule has 0 bridgehead atoms. The van der Waals surface area contributed by atoms with Gasteiger partial charge in [0.2, 0.25) is 0 Å². The van der Waals surface area contributed by atoms with Gasteiger partial charge in [-0.25, -0.2) is 4.79 Å². The zero-order valence-corrected chi connectivity index (χ0v) is 13.6. The van der Waals surface area contributed by atoms with Crippen LogP contribution in [0.15, 0.2) is 42.5 Å². The summed E-state index contributed by atoms with van der Waals surface area (Å²) in [4.78, 5) is 13.5. The van der Waals surface area contributed by atoms with Crippen molar-refractivity contribution in [3.8, 4) is 0 Å². The first kappa shape index (κ1) is 16.1. The van der Waals surface area contributed by atoms with Crippen LogP contribution < -0.4 is 4.90 Å². The Hall–Kier alpha value is -2.29. The molecule has 1 N–H and O–H groups in total. The summed E-state index contributed by atoms with van der Waals surface area (Å²) in [6.07, 6.45) is 0. The van der Waals surface area contributed by atoms with Crippen LogP contribution in [0.25, 0.3) is 0 Å². The number of carbonyl (C=O) groups is 1. The summed E-state index contributed by atoms with van der Waals surface area (Å²) in [6, 6.07) is 13.6. The summed E-state index contributed by atoms with van der Waals surface area (Å²) in [7, 11) is 0. The van der Waals surface area contributed by atoms with Gasteiger partial charge in [0.15, 0.2) is 0 Å². The molecule has 0 aliphatic rings. The normalized spacial score (nSPS) is 12.0. The van der Waals surface area contributed by atoms with Gasteiger partial charge < -0.3 is 10.0 Å². The lowest BCUT2D eigenvalue weighted by Crippen LogP contribution is -2.39. The SMILES string of the molecule is Cc1cc(C)c(N(Cc2ccccc2)C(C)C(=O)O)c(C)c1. The minimum Gasteiger partial charge on any atom is -0.480 e. The molecule has 1 unspecified atom stereocenters. The van der Waals surface area contributed by atoms with Crippen LogP contribution in [0.1, 0.15) is 29.2 Å². The predicted octanol–water partition coefficient (Wildman–Crippen LogP) is 4.09. The average Bonchev–Trinajstić information content (AvgIpc) is 2.45. The molecule has 0 aromatic heterocycles. The van der Waals surface area contributed by atoms with Crippen molar-refractivity contribution in [1.82, 2.24) is 0 Å². The first-order chi connectivity index (χ1) is 10.4. The van der Waals surface area contributed by atoms with Crippen LogP contribution in [0.3, 0.4) is 0 Å². The van der Waals surface area contributed by atoms with E-state index in [2.05, 4.69) is 19.1 Å². The molecular formula is C19H23NO2. The van der Waals surface area contributed by atoms with Crippen molar-refractivity contribution in [3.63, 3.8) is 0 Å². The van der Waals surface area contributed by atoms with Crippen molar-refractivity contribution < 1.29 is 9.90 Å². The number of carboxylic acid groups (broad SMARTS) is 1. The Kier molecular flexibility index (Phi) is 4.86. The summed E-state index contributed by atoms with van der Waals surface area (Å²) in [5, 5.41) is 9.49. The van der Waals surface area contributed by atoms with Crippen LogP contribution in [0.5, 0.6) is 0 Å². The maximum absolute atomic E-state index is 11.6. The lowest BCUT2D eigenvalue weighted by atomic mass is 10.0. The zero-order chi connectivity index (χ0) is 16.3. The maximum Gasteiger partial charge on any atom is 0.326 e. The van der Waals surface area contributed by atoms with E-state index in [-0.39, 0.29) is 0 Å². The summed E-state index contributed by atoms with van der Waals surface area (Å²) < 4.78 is 0.